The van der Waals surface area contributed by atoms with Gasteiger partial charge in [0.25, 0.3) is 0 Å². The van der Waals surface area contributed by atoms with Gasteiger partial charge in [-0.3, -0.25) is 9.69 Å². The van der Waals surface area contributed by atoms with E-state index in [2.05, 4.69) is 50.6 Å². The average Bonchev–Trinajstić information content (AvgIpc) is 3.28. The SMILES string of the molecule is COc1ccc2[nH]cc(C3CCN(CC(=O)Nc4ccc(N5CCCCC5)cc4)CC3)c2c1. The number of H-pyrrole nitrogens is 1. The zero-order valence-corrected chi connectivity index (χ0v) is 19.5. The molecule has 0 radical (unpaired) electrons. The van der Waals surface area contributed by atoms with Crippen LogP contribution >= 0.6 is 0 Å². The molecule has 2 aliphatic heterocycles. The van der Waals surface area contributed by atoms with E-state index < -0.39 is 0 Å². The molecular weight excluding hydrogens is 412 g/mol. The van der Waals surface area contributed by atoms with Crippen LogP contribution in [0.15, 0.2) is 48.7 Å². The summed E-state index contributed by atoms with van der Waals surface area (Å²) in [7, 11) is 1.71. The van der Waals surface area contributed by atoms with Crippen molar-refractivity contribution >= 4 is 28.2 Å². The normalized spacial score (nSPS) is 17.9. The maximum Gasteiger partial charge on any atom is 0.238 e. The minimum absolute atomic E-state index is 0.0657. The number of amides is 1. The largest absolute Gasteiger partial charge is 0.497 e. The molecule has 0 aliphatic carbocycles. The lowest BCUT2D eigenvalue weighted by atomic mass is 9.89. The lowest BCUT2D eigenvalue weighted by Gasteiger charge is -2.31. The molecule has 0 bridgehead atoms. The van der Waals surface area contributed by atoms with Crippen LogP contribution in [0, 0.1) is 0 Å². The molecule has 0 unspecified atom stereocenters. The smallest absolute Gasteiger partial charge is 0.238 e. The highest BCUT2D eigenvalue weighted by atomic mass is 16.5. The number of aromatic amines is 1. The van der Waals surface area contributed by atoms with Gasteiger partial charge in [0, 0.05) is 41.6 Å². The van der Waals surface area contributed by atoms with Gasteiger partial charge in [0.1, 0.15) is 5.75 Å². The average molecular weight is 447 g/mol. The Labute approximate surface area is 195 Å². The fourth-order valence-electron chi connectivity index (χ4n) is 5.30. The van der Waals surface area contributed by atoms with Crippen molar-refractivity contribution in [3.63, 3.8) is 0 Å². The summed E-state index contributed by atoms with van der Waals surface area (Å²) in [6.45, 7) is 4.58. The fourth-order valence-corrected chi connectivity index (χ4v) is 5.30. The van der Waals surface area contributed by atoms with Crippen molar-refractivity contribution in [2.75, 3.05) is 50.1 Å². The molecule has 33 heavy (non-hydrogen) atoms. The lowest BCUT2D eigenvalue weighted by Crippen LogP contribution is -2.38. The Morgan fingerprint density at radius 1 is 1.03 bits per heavy atom. The third kappa shape index (κ3) is 5.01. The summed E-state index contributed by atoms with van der Waals surface area (Å²) in [5, 5.41) is 4.33. The summed E-state index contributed by atoms with van der Waals surface area (Å²) in [6, 6.07) is 14.5. The lowest BCUT2D eigenvalue weighted by molar-refractivity contribution is -0.117. The van der Waals surface area contributed by atoms with Crippen LogP contribution in [0.3, 0.4) is 0 Å². The summed E-state index contributed by atoms with van der Waals surface area (Å²) in [5.41, 5.74) is 4.65. The fraction of sp³-hybridized carbons (Fsp3) is 0.444. The number of benzene rings is 2. The summed E-state index contributed by atoms with van der Waals surface area (Å²) < 4.78 is 5.41. The molecule has 1 amide bonds. The Balaban J connectivity index is 1.13. The van der Waals surface area contributed by atoms with Gasteiger partial charge in [-0.2, -0.15) is 0 Å². The highest BCUT2D eigenvalue weighted by molar-refractivity contribution is 5.92. The third-order valence-electron chi connectivity index (χ3n) is 7.19. The quantitative estimate of drug-likeness (QED) is 0.560. The van der Waals surface area contributed by atoms with Gasteiger partial charge in [0.2, 0.25) is 5.91 Å². The number of anilines is 2. The van der Waals surface area contributed by atoms with Crippen molar-refractivity contribution in [3.05, 3.63) is 54.2 Å². The van der Waals surface area contributed by atoms with Crippen LogP contribution in [-0.4, -0.2) is 55.6 Å². The Hall–Kier alpha value is -2.99. The molecule has 6 nitrogen and oxygen atoms in total. The van der Waals surface area contributed by atoms with E-state index in [1.807, 2.05) is 18.2 Å². The van der Waals surface area contributed by atoms with E-state index in [0.717, 1.165) is 56.0 Å². The van der Waals surface area contributed by atoms with Gasteiger partial charge in [0.05, 0.1) is 13.7 Å². The van der Waals surface area contributed by atoms with Crippen molar-refractivity contribution in [1.82, 2.24) is 9.88 Å². The van der Waals surface area contributed by atoms with Crippen molar-refractivity contribution < 1.29 is 9.53 Å². The zero-order chi connectivity index (χ0) is 22.6. The first kappa shape index (κ1) is 21.8. The number of likely N-dealkylation sites (tertiary alicyclic amines) is 1. The van der Waals surface area contributed by atoms with Gasteiger partial charge >= 0.3 is 0 Å². The summed E-state index contributed by atoms with van der Waals surface area (Å²) in [4.78, 5) is 20.7. The Bertz CT molecular complexity index is 1080. The van der Waals surface area contributed by atoms with Crippen LogP contribution in [0.1, 0.15) is 43.6 Å². The number of hydrogen-bond acceptors (Lipinski definition) is 4. The standard InChI is InChI=1S/C27H34N4O2/c1-33-23-9-10-26-24(17-23)25(18-28-26)20-11-15-30(16-12-20)19-27(32)29-21-5-7-22(8-6-21)31-13-3-2-4-14-31/h5-10,17-18,20,28H,2-4,11-16,19H2,1H3,(H,29,32). The van der Waals surface area contributed by atoms with Crippen LogP contribution in [0.5, 0.6) is 5.75 Å². The molecule has 2 aromatic carbocycles. The molecule has 0 spiro atoms. The molecule has 0 saturated carbocycles. The molecule has 0 atom stereocenters. The molecule has 5 rings (SSSR count). The summed E-state index contributed by atoms with van der Waals surface area (Å²) >= 11 is 0. The van der Waals surface area contributed by atoms with Crippen molar-refractivity contribution in [2.24, 2.45) is 0 Å². The Morgan fingerprint density at radius 2 is 1.79 bits per heavy atom. The molecule has 3 heterocycles. The second-order valence-corrected chi connectivity index (χ2v) is 9.35. The van der Waals surface area contributed by atoms with Gasteiger partial charge in [-0.05, 0) is 99.1 Å². The first-order valence-corrected chi connectivity index (χ1v) is 12.2. The molecule has 1 aromatic heterocycles. The van der Waals surface area contributed by atoms with E-state index >= 15 is 0 Å². The Morgan fingerprint density at radius 3 is 2.52 bits per heavy atom. The summed E-state index contributed by atoms with van der Waals surface area (Å²) in [6.07, 6.45) is 8.13. The summed E-state index contributed by atoms with van der Waals surface area (Å²) in [5.74, 6) is 1.46. The number of rotatable bonds is 6. The Kier molecular flexibility index (Phi) is 6.53. The number of nitrogens with zero attached hydrogens (tertiary/aromatic N) is 2. The number of hydrogen-bond donors (Lipinski definition) is 2. The number of aromatic nitrogens is 1. The third-order valence-corrected chi connectivity index (χ3v) is 7.19. The zero-order valence-electron chi connectivity index (χ0n) is 19.5. The maximum absolute atomic E-state index is 12.6. The molecule has 2 saturated heterocycles. The molecule has 2 fully saturated rings. The highest BCUT2D eigenvalue weighted by Crippen LogP contribution is 2.34. The van der Waals surface area contributed by atoms with Crippen LogP contribution in [0.25, 0.3) is 10.9 Å². The van der Waals surface area contributed by atoms with Crippen molar-refractivity contribution in [3.8, 4) is 5.75 Å². The van der Waals surface area contributed by atoms with E-state index in [4.69, 9.17) is 4.74 Å². The number of piperidine rings is 2. The van der Waals surface area contributed by atoms with Crippen LogP contribution in [0.4, 0.5) is 11.4 Å². The number of ether oxygens (including phenoxy) is 1. The second kappa shape index (κ2) is 9.87. The first-order chi connectivity index (χ1) is 16.2. The van der Waals surface area contributed by atoms with E-state index in [-0.39, 0.29) is 5.91 Å². The van der Waals surface area contributed by atoms with E-state index in [9.17, 15) is 4.79 Å². The topological polar surface area (TPSA) is 60.6 Å². The van der Waals surface area contributed by atoms with Gasteiger partial charge in [-0.25, -0.2) is 0 Å². The molecule has 2 aliphatic rings. The minimum atomic E-state index is 0.0657. The predicted octanol–water partition coefficient (Wildman–Crippen LogP) is 4.98. The molecule has 2 N–H and O–H groups in total. The number of carbonyl (C=O) groups excluding carboxylic acids is 1. The van der Waals surface area contributed by atoms with E-state index in [1.54, 1.807) is 7.11 Å². The predicted molar refractivity (Wildman–Crippen MR) is 134 cm³/mol. The molecule has 3 aromatic rings. The second-order valence-electron chi connectivity index (χ2n) is 9.35. The molecular formula is C27H34N4O2. The highest BCUT2D eigenvalue weighted by Gasteiger charge is 2.24. The van der Waals surface area contributed by atoms with Crippen molar-refractivity contribution in [2.45, 2.75) is 38.0 Å². The van der Waals surface area contributed by atoms with Crippen LogP contribution in [-0.2, 0) is 4.79 Å². The maximum atomic E-state index is 12.6. The van der Waals surface area contributed by atoms with E-state index in [0.29, 0.717) is 12.5 Å². The van der Waals surface area contributed by atoms with E-state index in [1.165, 1.54) is 35.9 Å². The molecule has 174 valence electrons. The number of carbonyl (C=O) groups is 1. The van der Waals surface area contributed by atoms with Gasteiger partial charge < -0.3 is 19.9 Å². The molecule has 6 heteroatoms. The first-order valence-electron chi connectivity index (χ1n) is 12.2. The van der Waals surface area contributed by atoms with Crippen LogP contribution in [0.2, 0.25) is 0 Å². The number of fused-ring (bicyclic) bond motifs is 1. The van der Waals surface area contributed by atoms with Gasteiger partial charge in [-0.1, -0.05) is 0 Å². The monoisotopic (exact) mass is 446 g/mol. The van der Waals surface area contributed by atoms with Crippen LogP contribution < -0.4 is 15.0 Å². The van der Waals surface area contributed by atoms with Gasteiger partial charge in [-0.15, -0.1) is 0 Å². The van der Waals surface area contributed by atoms with Crippen molar-refractivity contribution in [1.29, 1.82) is 0 Å². The number of nitrogens with one attached hydrogen (secondary N) is 2. The minimum Gasteiger partial charge on any atom is -0.497 e. The number of methoxy groups -OCH3 is 1. The van der Waals surface area contributed by atoms with Gasteiger partial charge in [0.15, 0.2) is 0 Å².